The first kappa shape index (κ1) is 17.2. The second-order valence-electron chi connectivity index (χ2n) is 4.70. The molecule has 0 bridgehead atoms. The number of carbonyl (C=O) groups is 2. The van der Waals surface area contributed by atoms with Gasteiger partial charge in [0.15, 0.2) is 0 Å². The van der Waals surface area contributed by atoms with Crippen LogP contribution in [0.4, 0.5) is 0 Å². The van der Waals surface area contributed by atoms with Gasteiger partial charge in [0, 0.05) is 38.5 Å². The van der Waals surface area contributed by atoms with Gasteiger partial charge in [0.05, 0.1) is 0 Å². The average molecular weight is 278 g/mol. The fourth-order valence-corrected chi connectivity index (χ4v) is 1.89. The molecule has 3 N–H and O–H groups in total. The van der Waals surface area contributed by atoms with Crippen LogP contribution in [-0.4, -0.2) is 42.4 Å². The zero-order valence-corrected chi connectivity index (χ0v) is 11.8. The molecule has 18 heavy (non-hydrogen) atoms. The Labute approximate surface area is 115 Å². The van der Waals surface area contributed by atoms with Gasteiger partial charge in [-0.2, -0.15) is 0 Å². The number of nitrogens with zero attached hydrogens (tertiary/aromatic N) is 1. The van der Waals surface area contributed by atoms with Crippen LogP contribution in [0.15, 0.2) is 0 Å². The number of likely N-dealkylation sites (tertiary alicyclic amines) is 1. The number of hydrogen-bond acceptors (Lipinski definition) is 3. The van der Waals surface area contributed by atoms with E-state index >= 15 is 0 Å². The quantitative estimate of drug-likeness (QED) is 0.672. The maximum absolute atomic E-state index is 11.4. The molecule has 0 aromatic carbocycles. The summed E-state index contributed by atoms with van der Waals surface area (Å²) < 4.78 is 0. The van der Waals surface area contributed by atoms with Crippen LogP contribution in [0.25, 0.3) is 0 Å². The molecule has 1 saturated heterocycles. The molecule has 0 aliphatic carbocycles. The van der Waals surface area contributed by atoms with Crippen molar-refractivity contribution >= 4 is 24.2 Å². The molecule has 1 unspecified atom stereocenters. The summed E-state index contributed by atoms with van der Waals surface area (Å²) in [6.07, 6.45) is 3.69. The van der Waals surface area contributed by atoms with E-state index in [1.807, 2.05) is 11.8 Å². The van der Waals surface area contributed by atoms with E-state index in [1.54, 1.807) is 0 Å². The Hall–Kier alpha value is -0.810. The molecular weight excluding hydrogens is 254 g/mol. The number of nitrogens with one attached hydrogen (secondary N) is 1. The minimum atomic E-state index is 0. The third kappa shape index (κ3) is 6.81. The molecule has 0 saturated carbocycles. The van der Waals surface area contributed by atoms with Crippen molar-refractivity contribution in [3.05, 3.63) is 0 Å². The summed E-state index contributed by atoms with van der Waals surface area (Å²) in [5.41, 5.74) is 5.57. The van der Waals surface area contributed by atoms with Crippen molar-refractivity contribution in [1.82, 2.24) is 10.2 Å². The summed E-state index contributed by atoms with van der Waals surface area (Å²) >= 11 is 0. The zero-order chi connectivity index (χ0) is 12.7. The lowest BCUT2D eigenvalue weighted by Gasteiger charge is -2.15. The fraction of sp³-hybridized carbons (Fsp3) is 0.833. The molecule has 1 aliphatic heterocycles. The Morgan fingerprint density at radius 3 is 2.83 bits per heavy atom. The van der Waals surface area contributed by atoms with E-state index in [0.717, 1.165) is 32.4 Å². The van der Waals surface area contributed by atoms with E-state index in [4.69, 9.17) is 5.73 Å². The molecule has 0 aromatic heterocycles. The van der Waals surface area contributed by atoms with Gasteiger partial charge < -0.3 is 16.0 Å². The number of halogens is 1. The van der Waals surface area contributed by atoms with Gasteiger partial charge in [0.2, 0.25) is 11.8 Å². The molecule has 1 aliphatic rings. The van der Waals surface area contributed by atoms with Crippen LogP contribution in [-0.2, 0) is 9.59 Å². The predicted octanol–water partition coefficient (Wildman–Crippen LogP) is 0.664. The first-order chi connectivity index (χ1) is 8.09. The molecule has 6 heteroatoms. The Balaban J connectivity index is 0.00000289. The number of carbonyl (C=O) groups excluding carboxylic acids is 2. The summed E-state index contributed by atoms with van der Waals surface area (Å²) in [4.78, 5) is 24.5. The van der Waals surface area contributed by atoms with E-state index in [1.165, 1.54) is 0 Å². The maximum Gasteiger partial charge on any atom is 0.222 e. The van der Waals surface area contributed by atoms with E-state index in [0.29, 0.717) is 19.4 Å². The SMILES string of the molecule is CC(N)CCC(=O)NCCCN1CCCC1=O.Cl. The highest BCUT2D eigenvalue weighted by molar-refractivity contribution is 5.85. The number of hydrogen-bond donors (Lipinski definition) is 2. The van der Waals surface area contributed by atoms with Crippen LogP contribution in [0.5, 0.6) is 0 Å². The number of nitrogens with two attached hydrogens (primary N) is 1. The Morgan fingerprint density at radius 2 is 2.28 bits per heavy atom. The second kappa shape index (κ2) is 9.16. The first-order valence-corrected chi connectivity index (χ1v) is 6.39. The summed E-state index contributed by atoms with van der Waals surface area (Å²) in [6.45, 7) is 4.16. The minimum Gasteiger partial charge on any atom is -0.356 e. The first-order valence-electron chi connectivity index (χ1n) is 6.39. The number of amides is 2. The van der Waals surface area contributed by atoms with Crippen molar-refractivity contribution in [2.24, 2.45) is 5.73 Å². The third-order valence-electron chi connectivity index (χ3n) is 2.93. The number of rotatable bonds is 7. The van der Waals surface area contributed by atoms with E-state index in [9.17, 15) is 9.59 Å². The Bertz CT molecular complexity index is 272. The lowest BCUT2D eigenvalue weighted by Crippen LogP contribution is -2.31. The van der Waals surface area contributed by atoms with E-state index in [2.05, 4.69) is 5.32 Å². The van der Waals surface area contributed by atoms with Crippen LogP contribution >= 0.6 is 12.4 Å². The van der Waals surface area contributed by atoms with Crippen molar-refractivity contribution in [2.75, 3.05) is 19.6 Å². The molecule has 1 rings (SSSR count). The van der Waals surface area contributed by atoms with Gasteiger partial charge in [-0.15, -0.1) is 12.4 Å². The molecular formula is C12H24ClN3O2. The topological polar surface area (TPSA) is 75.4 Å². The minimum absolute atomic E-state index is 0. The maximum atomic E-state index is 11.4. The van der Waals surface area contributed by atoms with Crippen LogP contribution < -0.4 is 11.1 Å². The fourth-order valence-electron chi connectivity index (χ4n) is 1.89. The van der Waals surface area contributed by atoms with Crippen molar-refractivity contribution < 1.29 is 9.59 Å². The molecule has 1 atom stereocenters. The summed E-state index contributed by atoms with van der Waals surface area (Å²) in [5.74, 6) is 0.295. The lowest BCUT2D eigenvalue weighted by atomic mass is 10.2. The standard InChI is InChI=1S/C12H23N3O2.ClH/c1-10(13)5-6-11(16)14-7-3-9-15-8-2-4-12(15)17;/h10H,2-9,13H2,1H3,(H,14,16);1H. The highest BCUT2D eigenvalue weighted by Crippen LogP contribution is 2.09. The molecule has 0 spiro atoms. The predicted molar refractivity (Wildman–Crippen MR) is 73.6 cm³/mol. The molecule has 1 fully saturated rings. The van der Waals surface area contributed by atoms with E-state index in [-0.39, 0.29) is 30.3 Å². The van der Waals surface area contributed by atoms with Crippen molar-refractivity contribution in [3.63, 3.8) is 0 Å². The van der Waals surface area contributed by atoms with E-state index < -0.39 is 0 Å². The van der Waals surface area contributed by atoms with Crippen LogP contribution in [0.3, 0.4) is 0 Å². The van der Waals surface area contributed by atoms with Crippen molar-refractivity contribution in [3.8, 4) is 0 Å². The second-order valence-corrected chi connectivity index (χ2v) is 4.70. The Kier molecular flexibility index (Phi) is 8.75. The molecule has 0 aromatic rings. The smallest absolute Gasteiger partial charge is 0.222 e. The van der Waals surface area contributed by atoms with Crippen LogP contribution in [0, 0.1) is 0 Å². The molecule has 5 nitrogen and oxygen atoms in total. The lowest BCUT2D eigenvalue weighted by molar-refractivity contribution is -0.127. The average Bonchev–Trinajstić information content (AvgIpc) is 2.68. The van der Waals surface area contributed by atoms with Crippen molar-refractivity contribution in [2.45, 2.75) is 45.1 Å². The highest BCUT2D eigenvalue weighted by atomic mass is 35.5. The van der Waals surface area contributed by atoms with Crippen LogP contribution in [0.2, 0.25) is 0 Å². The van der Waals surface area contributed by atoms with Gasteiger partial charge in [-0.3, -0.25) is 9.59 Å². The zero-order valence-electron chi connectivity index (χ0n) is 11.0. The summed E-state index contributed by atoms with van der Waals surface area (Å²) in [7, 11) is 0. The van der Waals surface area contributed by atoms with Gasteiger partial charge in [0.25, 0.3) is 0 Å². The van der Waals surface area contributed by atoms with Crippen LogP contribution in [0.1, 0.15) is 39.0 Å². The summed E-state index contributed by atoms with van der Waals surface area (Å²) in [6, 6.07) is 0.0722. The largest absolute Gasteiger partial charge is 0.356 e. The van der Waals surface area contributed by atoms with Gasteiger partial charge in [-0.1, -0.05) is 0 Å². The van der Waals surface area contributed by atoms with Gasteiger partial charge in [-0.25, -0.2) is 0 Å². The van der Waals surface area contributed by atoms with Gasteiger partial charge >= 0.3 is 0 Å². The Morgan fingerprint density at radius 1 is 1.56 bits per heavy atom. The highest BCUT2D eigenvalue weighted by Gasteiger charge is 2.18. The summed E-state index contributed by atoms with van der Waals surface area (Å²) in [5, 5.41) is 2.84. The van der Waals surface area contributed by atoms with Crippen molar-refractivity contribution in [1.29, 1.82) is 0 Å². The molecule has 2 amide bonds. The van der Waals surface area contributed by atoms with Gasteiger partial charge in [0.1, 0.15) is 0 Å². The molecule has 106 valence electrons. The normalized spacial score (nSPS) is 16.3. The van der Waals surface area contributed by atoms with Gasteiger partial charge in [-0.05, 0) is 26.2 Å². The monoisotopic (exact) mass is 277 g/mol. The molecule has 0 radical (unpaired) electrons. The third-order valence-corrected chi connectivity index (χ3v) is 2.93. The molecule has 1 heterocycles.